The van der Waals surface area contributed by atoms with Crippen molar-refractivity contribution < 1.29 is 4.74 Å². The van der Waals surface area contributed by atoms with Gasteiger partial charge in [-0.1, -0.05) is 0 Å². The third-order valence-corrected chi connectivity index (χ3v) is 1.97. The van der Waals surface area contributed by atoms with Gasteiger partial charge in [-0.25, -0.2) is 4.98 Å². The molecule has 1 aromatic rings. The first kappa shape index (κ1) is 12.7. The van der Waals surface area contributed by atoms with Crippen molar-refractivity contribution in [3.05, 3.63) is 12.4 Å². The fraction of sp³-hybridized carbons (Fsp3) is 0.636. The molecule has 90 valence electrons. The van der Waals surface area contributed by atoms with Gasteiger partial charge in [-0.3, -0.25) is 4.98 Å². The van der Waals surface area contributed by atoms with E-state index >= 15 is 0 Å². The van der Waals surface area contributed by atoms with Crippen molar-refractivity contribution in [2.75, 3.05) is 36.9 Å². The van der Waals surface area contributed by atoms with Crippen LogP contribution in [-0.2, 0) is 4.74 Å². The highest BCUT2D eigenvalue weighted by Gasteiger charge is 1.96. The summed E-state index contributed by atoms with van der Waals surface area (Å²) in [5, 5.41) is 6.33. The number of rotatable bonds is 8. The van der Waals surface area contributed by atoms with Gasteiger partial charge in [-0.05, 0) is 20.3 Å². The molecule has 0 fully saturated rings. The van der Waals surface area contributed by atoms with Gasteiger partial charge in [0.15, 0.2) is 0 Å². The Labute approximate surface area is 96.6 Å². The molecule has 0 aromatic carbocycles. The van der Waals surface area contributed by atoms with E-state index < -0.39 is 0 Å². The van der Waals surface area contributed by atoms with E-state index in [9.17, 15) is 0 Å². The van der Waals surface area contributed by atoms with Gasteiger partial charge >= 0.3 is 0 Å². The number of hydrogen-bond donors (Lipinski definition) is 2. The highest BCUT2D eigenvalue weighted by Crippen LogP contribution is 2.05. The predicted octanol–water partition coefficient (Wildman–Crippen LogP) is 1.75. The Balaban J connectivity index is 2.27. The normalized spacial score (nSPS) is 10.1. The second-order valence-electron chi connectivity index (χ2n) is 3.30. The van der Waals surface area contributed by atoms with E-state index in [0.29, 0.717) is 0 Å². The van der Waals surface area contributed by atoms with E-state index in [4.69, 9.17) is 4.74 Å². The molecule has 0 spiro atoms. The lowest BCUT2D eigenvalue weighted by molar-refractivity contribution is 0.147. The van der Waals surface area contributed by atoms with Gasteiger partial charge in [0.1, 0.15) is 11.6 Å². The monoisotopic (exact) mass is 224 g/mol. The maximum Gasteiger partial charge on any atom is 0.146 e. The van der Waals surface area contributed by atoms with Gasteiger partial charge in [0, 0.05) is 26.3 Å². The van der Waals surface area contributed by atoms with Crippen molar-refractivity contribution in [3.8, 4) is 0 Å². The molecule has 0 radical (unpaired) electrons. The van der Waals surface area contributed by atoms with Gasteiger partial charge in [0.25, 0.3) is 0 Å². The summed E-state index contributed by atoms with van der Waals surface area (Å²) in [6, 6.07) is 0. The fourth-order valence-electron chi connectivity index (χ4n) is 1.25. The molecule has 1 rings (SSSR count). The Kier molecular flexibility index (Phi) is 6.25. The summed E-state index contributed by atoms with van der Waals surface area (Å²) < 4.78 is 5.25. The minimum atomic E-state index is 0.774. The zero-order valence-corrected chi connectivity index (χ0v) is 9.99. The van der Waals surface area contributed by atoms with Crippen LogP contribution < -0.4 is 10.6 Å². The molecule has 0 saturated heterocycles. The lowest BCUT2D eigenvalue weighted by atomic mass is 10.4. The number of nitrogens with zero attached hydrogens (tertiary/aromatic N) is 2. The third-order valence-electron chi connectivity index (χ3n) is 1.97. The van der Waals surface area contributed by atoms with E-state index in [1.54, 1.807) is 12.4 Å². The second-order valence-corrected chi connectivity index (χ2v) is 3.30. The first-order valence-electron chi connectivity index (χ1n) is 5.74. The van der Waals surface area contributed by atoms with Crippen LogP contribution >= 0.6 is 0 Å². The summed E-state index contributed by atoms with van der Waals surface area (Å²) in [7, 11) is 0. The average molecular weight is 224 g/mol. The quantitative estimate of drug-likeness (QED) is 0.659. The van der Waals surface area contributed by atoms with Crippen LogP contribution in [0.2, 0.25) is 0 Å². The average Bonchev–Trinajstić information content (AvgIpc) is 2.30. The van der Waals surface area contributed by atoms with Crippen LogP contribution in [-0.4, -0.2) is 36.3 Å². The van der Waals surface area contributed by atoms with Gasteiger partial charge in [0.05, 0.1) is 12.4 Å². The standard InChI is InChI=1S/C11H20N4O/c1-3-13-10-8-12-9-11(15-10)14-6-5-7-16-4-2/h8-9H,3-7H2,1-2H3,(H2,13,14,15). The van der Waals surface area contributed by atoms with Gasteiger partial charge in [-0.2, -0.15) is 0 Å². The first-order valence-corrected chi connectivity index (χ1v) is 5.74. The van der Waals surface area contributed by atoms with Crippen molar-refractivity contribution in [3.63, 3.8) is 0 Å². The predicted molar refractivity (Wildman–Crippen MR) is 65.8 cm³/mol. The first-order chi connectivity index (χ1) is 7.86. The summed E-state index contributed by atoms with van der Waals surface area (Å²) in [6.45, 7) is 7.29. The molecule has 0 aliphatic carbocycles. The Morgan fingerprint density at radius 3 is 2.62 bits per heavy atom. The summed E-state index contributed by atoms with van der Waals surface area (Å²) in [4.78, 5) is 8.45. The van der Waals surface area contributed by atoms with E-state index in [2.05, 4.69) is 20.6 Å². The molecule has 0 aliphatic heterocycles. The van der Waals surface area contributed by atoms with Crippen molar-refractivity contribution in [1.29, 1.82) is 0 Å². The Hall–Kier alpha value is -1.36. The molecule has 0 amide bonds. The number of nitrogens with one attached hydrogen (secondary N) is 2. The fourth-order valence-corrected chi connectivity index (χ4v) is 1.25. The SMILES string of the molecule is CCNc1cncc(NCCCOCC)n1. The maximum atomic E-state index is 5.25. The zero-order valence-electron chi connectivity index (χ0n) is 9.99. The molecule has 1 aromatic heterocycles. The Bertz CT molecular complexity index is 293. The molecule has 1 heterocycles. The van der Waals surface area contributed by atoms with Gasteiger partial charge in [0.2, 0.25) is 0 Å². The molecule has 0 bridgehead atoms. The molecule has 0 atom stereocenters. The number of aromatic nitrogens is 2. The minimum absolute atomic E-state index is 0.774. The van der Waals surface area contributed by atoms with E-state index in [1.807, 2.05) is 13.8 Å². The van der Waals surface area contributed by atoms with Crippen LogP contribution in [0.15, 0.2) is 12.4 Å². The summed E-state index contributed by atoms with van der Waals surface area (Å²) >= 11 is 0. The van der Waals surface area contributed by atoms with Crippen molar-refractivity contribution in [2.45, 2.75) is 20.3 Å². The molecule has 0 aliphatic rings. The van der Waals surface area contributed by atoms with Crippen LogP contribution in [0.3, 0.4) is 0 Å². The Morgan fingerprint density at radius 1 is 1.19 bits per heavy atom. The van der Waals surface area contributed by atoms with Crippen molar-refractivity contribution in [1.82, 2.24) is 9.97 Å². The zero-order chi connectivity index (χ0) is 11.6. The molecule has 5 nitrogen and oxygen atoms in total. The summed E-state index contributed by atoms with van der Waals surface area (Å²) in [5.74, 6) is 1.60. The van der Waals surface area contributed by atoms with Gasteiger partial charge < -0.3 is 15.4 Å². The van der Waals surface area contributed by atoms with E-state index in [0.717, 1.165) is 44.4 Å². The highest BCUT2D eigenvalue weighted by atomic mass is 16.5. The van der Waals surface area contributed by atoms with Crippen LogP contribution in [0.25, 0.3) is 0 Å². The smallest absolute Gasteiger partial charge is 0.146 e. The third kappa shape index (κ3) is 4.93. The van der Waals surface area contributed by atoms with Crippen LogP contribution in [0.5, 0.6) is 0 Å². The minimum Gasteiger partial charge on any atom is -0.382 e. The van der Waals surface area contributed by atoms with Crippen LogP contribution in [0.4, 0.5) is 11.6 Å². The second kappa shape index (κ2) is 7.87. The van der Waals surface area contributed by atoms with Crippen molar-refractivity contribution in [2.24, 2.45) is 0 Å². The molecular formula is C11H20N4O. The number of ether oxygens (including phenoxy) is 1. The summed E-state index contributed by atoms with van der Waals surface area (Å²) in [5.41, 5.74) is 0. The van der Waals surface area contributed by atoms with E-state index in [-0.39, 0.29) is 0 Å². The molecule has 0 saturated carbocycles. The Morgan fingerprint density at radius 2 is 1.94 bits per heavy atom. The van der Waals surface area contributed by atoms with Crippen LogP contribution in [0.1, 0.15) is 20.3 Å². The largest absolute Gasteiger partial charge is 0.382 e. The molecule has 5 heteroatoms. The lowest BCUT2D eigenvalue weighted by Gasteiger charge is -2.07. The number of anilines is 2. The molecule has 2 N–H and O–H groups in total. The highest BCUT2D eigenvalue weighted by molar-refractivity contribution is 5.41. The molecular weight excluding hydrogens is 204 g/mol. The van der Waals surface area contributed by atoms with Crippen LogP contribution in [0, 0.1) is 0 Å². The van der Waals surface area contributed by atoms with Crippen molar-refractivity contribution >= 4 is 11.6 Å². The topological polar surface area (TPSA) is 59.1 Å². The van der Waals surface area contributed by atoms with E-state index in [1.165, 1.54) is 0 Å². The number of hydrogen-bond acceptors (Lipinski definition) is 5. The molecule has 0 unspecified atom stereocenters. The van der Waals surface area contributed by atoms with Gasteiger partial charge in [-0.15, -0.1) is 0 Å². The lowest BCUT2D eigenvalue weighted by Crippen LogP contribution is -2.08. The molecule has 16 heavy (non-hydrogen) atoms. The maximum absolute atomic E-state index is 5.25. The summed E-state index contributed by atoms with van der Waals surface area (Å²) in [6.07, 6.45) is 4.41.